The van der Waals surface area contributed by atoms with Crippen LogP contribution in [0.3, 0.4) is 0 Å². The fourth-order valence-electron chi connectivity index (χ4n) is 3.89. The third-order valence-electron chi connectivity index (χ3n) is 6.29. The highest BCUT2D eigenvalue weighted by atomic mass is 31.2. The van der Waals surface area contributed by atoms with Crippen molar-refractivity contribution in [1.29, 1.82) is 0 Å². The number of aliphatic hydroxyl groups is 2. The van der Waals surface area contributed by atoms with E-state index in [0.29, 0.717) is 16.2 Å². The van der Waals surface area contributed by atoms with Gasteiger partial charge in [-0.25, -0.2) is 4.79 Å². The van der Waals surface area contributed by atoms with Crippen molar-refractivity contribution in [2.45, 2.75) is 67.1 Å². The van der Waals surface area contributed by atoms with Crippen LogP contribution >= 0.6 is 7.37 Å². The van der Waals surface area contributed by atoms with Crippen LogP contribution < -0.4 is 10.6 Å². The first kappa shape index (κ1) is 34.3. The van der Waals surface area contributed by atoms with Crippen molar-refractivity contribution in [3.8, 4) is 0 Å². The van der Waals surface area contributed by atoms with Gasteiger partial charge in [0.05, 0.1) is 17.8 Å². The first-order valence-corrected chi connectivity index (χ1v) is 14.8. The zero-order chi connectivity index (χ0) is 29.9. The summed E-state index contributed by atoms with van der Waals surface area (Å²) in [5, 5.41) is 29.8. The van der Waals surface area contributed by atoms with Crippen molar-refractivity contribution in [3.05, 3.63) is 96.6 Å². The monoisotopic (exact) mass is 556 g/mol. The van der Waals surface area contributed by atoms with Gasteiger partial charge in [-0.3, -0.25) is 4.57 Å². The topological polar surface area (TPSA) is 115 Å². The van der Waals surface area contributed by atoms with Gasteiger partial charge >= 0.3 is 5.97 Å². The molecule has 7 heteroatoms. The molecule has 3 rings (SSSR count). The maximum atomic E-state index is 12.2. The second-order valence-electron chi connectivity index (χ2n) is 11.6. The van der Waals surface area contributed by atoms with Crippen LogP contribution in [0.15, 0.2) is 91.0 Å². The molecule has 0 spiro atoms. The lowest BCUT2D eigenvalue weighted by molar-refractivity contribution is -0.0809. The fourth-order valence-corrected chi connectivity index (χ4v) is 5.34. The van der Waals surface area contributed by atoms with Gasteiger partial charge in [-0.15, -0.1) is 0 Å². The highest BCUT2D eigenvalue weighted by Gasteiger charge is 2.38. The van der Waals surface area contributed by atoms with Gasteiger partial charge in [0.2, 0.25) is 0 Å². The lowest BCUT2D eigenvalue weighted by Crippen LogP contribution is -2.45. The molecule has 0 aliphatic heterocycles. The molecule has 0 radical (unpaired) electrons. The van der Waals surface area contributed by atoms with Crippen molar-refractivity contribution in [1.82, 2.24) is 0 Å². The number of benzene rings is 3. The number of carboxylic acid groups (broad SMARTS) is 1. The maximum absolute atomic E-state index is 12.2. The van der Waals surface area contributed by atoms with Crippen molar-refractivity contribution in [3.63, 3.8) is 0 Å². The molecule has 0 aliphatic carbocycles. The van der Waals surface area contributed by atoms with Gasteiger partial charge < -0.3 is 20.2 Å². The van der Waals surface area contributed by atoms with Gasteiger partial charge in [0.15, 0.2) is 0 Å². The zero-order valence-corrected chi connectivity index (χ0v) is 25.0. The van der Waals surface area contributed by atoms with Gasteiger partial charge in [0, 0.05) is 16.5 Å². The smallest absolute Gasteiger partial charge is 0.335 e. The standard InChI is InChI=1S/C13H28O2.C12H11O2P.C7H6O2/c1-8-9(10(14)12(2,3)4)11(15)13(5,6)7;13-15(14,11-7-3-1-4-8-11)12-9-5-2-6-10-12;8-7(9)6-4-2-1-3-5-6/h9-11,14-15H,8H2,1-7H3;1-10H,(H,13,14);1-5H,(H,8,9). The summed E-state index contributed by atoms with van der Waals surface area (Å²) < 4.78 is 12.2. The number of hydrogen-bond donors (Lipinski definition) is 4. The predicted molar refractivity (Wildman–Crippen MR) is 160 cm³/mol. The summed E-state index contributed by atoms with van der Waals surface area (Å²) in [6, 6.07) is 25.7. The highest BCUT2D eigenvalue weighted by Crippen LogP contribution is 2.37. The third kappa shape index (κ3) is 11.1. The quantitative estimate of drug-likeness (QED) is 0.272. The van der Waals surface area contributed by atoms with Gasteiger partial charge in [0.1, 0.15) is 0 Å². The Bertz CT molecular complexity index is 1090. The number of hydrogen-bond acceptors (Lipinski definition) is 4. The van der Waals surface area contributed by atoms with Crippen molar-refractivity contribution >= 4 is 23.9 Å². The van der Waals surface area contributed by atoms with E-state index in [-0.39, 0.29) is 16.7 Å². The SMILES string of the molecule is CCC(C(O)C(C)(C)C)C(O)C(C)(C)C.O=C(O)c1ccccc1.O=P(O)(c1ccccc1)c1ccccc1. The summed E-state index contributed by atoms with van der Waals surface area (Å²) in [5.74, 6) is -0.930. The number of aliphatic hydroxyl groups excluding tert-OH is 2. The van der Waals surface area contributed by atoms with E-state index in [1.54, 1.807) is 78.9 Å². The second kappa shape index (κ2) is 15.1. The van der Waals surface area contributed by atoms with E-state index in [9.17, 15) is 24.5 Å². The van der Waals surface area contributed by atoms with Crippen molar-refractivity contribution in [2.24, 2.45) is 16.7 Å². The van der Waals surface area contributed by atoms with Gasteiger partial charge in [0.25, 0.3) is 7.37 Å². The zero-order valence-electron chi connectivity index (χ0n) is 24.2. The number of rotatable bonds is 6. The van der Waals surface area contributed by atoms with Crippen LogP contribution in [-0.4, -0.2) is 38.4 Å². The lowest BCUT2D eigenvalue weighted by Gasteiger charge is -2.40. The van der Waals surface area contributed by atoms with Gasteiger partial charge in [-0.1, -0.05) is 103 Å². The summed E-state index contributed by atoms with van der Waals surface area (Å²) in [6.45, 7) is 14.1. The van der Waals surface area contributed by atoms with E-state index >= 15 is 0 Å². The Kier molecular flexibility index (Phi) is 13.3. The van der Waals surface area contributed by atoms with E-state index in [1.807, 2.05) is 60.6 Å². The average Bonchev–Trinajstić information content (AvgIpc) is 2.90. The largest absolute Gasteiger partial charge is 0.478 e. The molecule has 2 unspecified atom stereocenters. The molecule has 39 heavy (non-hydrogen) atoms. The molecule has 2 atom stereocenters. The van der Waals surface area contributed by atoms with Crippen LogP contribution in [0.5, 0.6) is 0 Å². The number of carboxylic acids is 1. The normalized spacial score (nSPS) is 14.0. The molecule has 214 valence electrons. The first-order chi connectivity index (χ1) is 18.0. The molecule has 0 heterocycles. The molecule has 0 saturated carbocycles. The Labute approximate surface area is 233 Å². The van der Waals surface area contributed by atoms with E-state index < -0.39 is 25.5 Å². The van der Waals surface area contributed by atoms with E-state index in [2.05, 4.69) is 0 Å². The van der Waals surface area contributed by atoms with Gasteiger partial charge in [-0.2, -0.15) is 0 Å². The molecule has 0 bridgehead atoms. The fraction of sp³-hybridized carbons (Fsp3) is 0.406. The van der Waals surface area contributed by atoms with Crippen LogP contribution in [0.1, 0.15) is 65.2 Å². The summed E-state index contributed by atoms with van der Waals surface area (Å²) in [6.07, 6.45) is -0.120. The summed E-state index contributed by atoms with van der Waals surface area (Å²) in [4.78, 5) is 20.2. The summed E-state index contributed by atoms with van der Waals surface area (Å²) in [5.41, 5.74) is -0.0164. The van der Waals surface area contributed by atoms with Crippen LogP contribution in [0, 0.1) is 16.7 Å². The maximum Gasteiger partial charge on any atom is 0.335 e. The molecular weight excluding hydrogens is 511 g/mol. The van der Waals surface area contributed by atoms with Crippen molar-refractivity contribution in [2.75, 3.05) is 0 Å². The highest BCUT2D eigenvalue weighted by molar-refractivity contribution is 7.73. The molecule has 3 aromatic rings. The molecule has 0 aliphatic rings. The Morgan fingerprint density at radius 2 is 1.00 bits per heavy atom. The first-order valence-electron chi connectivity index (χ1n) is 13.1. The minimum Gasteiger partial charge on any atom is -0.478 e. The molecule has 0 saturated heterocycles. The second-order valence-corrected chi connectivity index (χ2v) is 13.8. The Morgan fingerprint density at radius 1 is 0.692 bits per heavy atom. The molecule has 0 aromatic heterocycles. The predicted octanol–water partition coefficient (Wildman–Crippen LogP) is 6.12. The Hall–Kier alpha value is -2.76. The molecule has 0 fully saturated rings. The Balaban J connectivity index is 0.000000302. The lowest BCUT2D eigenvalue weighted by atomic mass is 9.71. The van der Waals surface area contributed by atoms with E-state index in [0.717, 1.165) is 6.42 Å². The number of carbonyl (C=O) groups is 1. The average molecular weight is 557 g/mol. The van der Waals surface area contributed by atoms with Crippen LogP contribution in [-0.2, 0) is 4.57 Å². The Morgan fingerprint density at radius 3 is 1.23 bits per heavy atom. The van der Waals surface area contributed by atoms with Gasteiger partial charge in [-0.05, 0) is 53.6 Å². The van der Waals surface area contributed by atoms with E-state index in [4.69, 9.17) is 5.11 Å². The molecule has 4 N–H and O–H groups in total. The van der Waals surface area contributed by atoms with E-state index in [1.165, 1.54) is 0 Å². The molecule has 3 aromatic carbocycles. The minimum atomic E-state index is -3.40. The van der Waals surface area contributed by atoms with Crippen LogP contribution in [0.25, 0.3) is 0 Å². The summed E-state index contributed by atoms with van der Waals surface area (Å²) >= 11 is 0. The van der Waals surface area contributed by atoms with Crippen molar-refractivity contribution < 1.29 is 29.6 Å². The molecule has 6 nitrogen and oxygen atoms in total. The minimum absolute atomic E-state index is 0.0509. The van der Waals surface area contributed by atoms with Crippen LogP contribution in [0.2, 0.25) is 0 Å². The summed E-state index contributed by atoms with van der Waals surface area (Å²) in [7, 11) is -3.40. The third-order valence-corrected chi connectivity index (χ3v) is 8.29. The number of aromatic carboxylic acids is 1. The van der Waals surface area contributed by atoms with Crippen LogP contribution in [0.4, 0.5) is 0 Å². The molecule has 0 amide bonds. The molecular formula is C32H45O6P.